The topological polar surface area (TPSA) is 66.9 Å². The predicted molar refractivity (Wildman–Crippen MR) is 73.8 cm³/mol. The van der Waals surface area contributed by atoms with Crippen molar-refractivity contribution in [3.8, 4) is 0 Å². The highest BCUT2D eigenvalue weighted by atomic mass is 16.5. The van der Waals surface area contributed by atoms with Gasteiger partial charge in [-0.25, -0.2) is 0 Å². The Morgan fingerprint density at radius 1 is 1.45 bits per heavy atom. The van der Waals surface area contributed by atoms with E-state index in [9.17, 15) is 14.4 Å². The molecule has 1 aliphatic heterocycles. The number of likely N-dealkylation sites (tertiary alicyclic amines) is 1. The Kier molecular flexibility index (Phi) is 6.21. The maximum Gasteiger partial charge on any atom is 0.310 e. The Labute approximate surface area is 119 Å². The second-order valence-electron chi connectivity index (χ2n) is 4.83. The van der Waals surface area contributed by atoms with Crippen LogP contribution in [-0.2, 0) is 19.1 Å². The van der Waals surface area contributed by atoms with Crippen molar-refractivity contribution in [2.24, 2.45) is 5.92 Å². The van der Waals surface area contributed by atoms with Gasteiger partial charge in [0.2, 0.25) is 11.8 Å². The second-order valence-corrected chi connectivity index (χ2v) is 4.83. The summed E-state index contributed by atoms with van der Waals surface area (Å²) in [6, 6.07) is 0. The molecule has 0 saturated carbocycles. The van der Waals surface area contributed by atoms with Gasteiger partial charge in [-0.1, -0.05) is 6.58 Å². The lowest BCUT2D eigenvalue weighted by atomic mass is 9.98. The van der Waals surface area contributed by atoms with Crippen molar-refractivity contribution in [3.63, 3.8) is 0 Å². The molecule has 1 fully saturated rings. The average molecular weight is 282 g/mol. The predicted octanol–water partition coefficient (Wildman–Crippen LogP) is 0.433. The van der Waals surface area contributed by atoms with Gasteiger partial charge in [-0.3, -0.25) is 14.4 Å². The first-order valence-electron chi connectivity index (χ1n) is 6.81. The molecule has 1 heterocycles. The largest absolute Gasteiger partial charge is 0.466 e. The summed E-state index contributed by atoms with van der Waals surface area (Å²) in [5.41, 5.74) is 0. The number of nitrogens with zero attached hydrogens (tertiary/aromatic N) is 2. The van der Waals surface area contributed by atoms with Crippen LogP contribution in [-0.4, -0.2) is 60.9 Å². The van der Waals surface area contributed by atoms with E-state index in [1.807, 2.05) is 0 Å². The minimum Gasteiger partial charge on any atom is -0.466 e. The van der Waals surface area contributed by atoms with E-state index in [0.717, 1.165) is 12.8 Å². The maximum absolute atomic E-state index is 12.1. The Bertz CT molecular complexity index is 395. The van der Waals surface area contributed by atoms with Crippen LogP contribution >= 0.6 is 0 Å². The van der Waals surface area contributed by atoms with Gasteiger partial charge >= 0.3 is 5.97 Å². The number of carbonyl (C=O) groups is 3. The fraction of sp³-hybridized carbons (Fsp3) is 0.643. The molecular weight excluding hydrogens is 260 g/mol. The molecule has 6 nitrogen and oxygen atoms in total. The lowest BCUT2D eigenvalue weighted by molar-refractivity contribution is -0.151. The summed E-state index contributed by atoms with van der Waals surface area (Å²) in [6.45, 7) is 6.48. The molecule has 1 atom stereocenters. The summed E-state index contributed by atoms with van der Waals surface area (Å²) in [5.74, 6) is -0.956. The van der Waals surface area contributed by atoms with Crippen LogP contribution in [0, 0.1) is 5.92 Å². The number of piperidine rings is 1. The Morgan fingerprint density at radius 2 is 2.15 bits per heavy atom. The van der Waals surface area contributed by atoms with Crippen molar-refractivity contribution in [2.45, 2.75) is 19.8 Å². The van der Waals surface area contributed by atoms with E-state index >= 15 is 0 Å². The number of hydrogen-bond acceptors (Lipinski definition) is 4. The lowest BCUT2D eigenvalue weighted by Gasteiger charge is -2.32. The van der Waals surface area contributed by atoms with E-state index in [-0.39, 0.29) is 30.2 Å². The van der Waals surface area contributed by atoms with Gasteiger partial charge in [0.15, 0.2) is 0 Å². The van der Waals surface area contributed by atoms with Crippen LogP contribution in [0.15, 0.2) is 12.7 Å². The smallest absolute Gasteiger partial charge is 0.310 e. The number of rotatable bonds is 5. The molecule has 0 bridgehead atoms. The summed E-state index contributed by atoms with van der Waals surface area (Å²) >= 11 is 0. The molecule has 0 spiro atoms. The zero-order valence-corrected chi connectivity index (χ0v) is 12.1. The van der Waals surface area contributed by atoms with E-state index < -0.39 is 0 Å². The molecule has 0 aromatic rings. The third-order valence-electron chi connectivity index (χ3n) is 3.32. The van der Waals surface area contributed by atoms with Crippen molar-refractivity contribution in [2.75, 3.05) is 33.3 Å². The molecule has 0 radical (unpaired) electrons. The molecule has 1 saturated heterocycles. The first-order valence-corrected chi connectivity index (χ1v) is 6.81. The number of hydrogen-bond donors (Lipinski definition) is 0. The van der Waals surface area contributed by atoms with Crippen molar-refractivity contribution >= 4 is 17.8 Å². The van der Waals surface area contributed by atoms with Gasteiger partial charge in [-0.05, 0) is 25.8 Å². The second kappa shape index (κ2) is 7.67. The maximum atomic E-state index is 12.1. The van der Waals surface area contributed by atoms with Gasteiger partial charge < -0.3 is 14.5 Å². The highest BCUT2D eigenvalue weighted by Crippen LogP contribution is 2.18. The fourth-order valence-electron chi connectivity index (χ4n) is 2.19. The molecular formula is C14H22N2O4. The summed E-state index contributed by atoms with van der Waals surface area (Å²) in [7, 11) is 1.55. The van der Waals surface area contributed by atoms with Crippen LogP contribution in [0.3, 0.4) is 0 Å². The standard InChI is InChI=1S/C14H22N2O4/c1-4-12(17)15(3)10-13(18)16-8-6-7-11(9-16)14(19)20-5-2/h4,11H,1,5-10H2,2-3H3. The normalized spacial score (nSPS) is 18.3. The summed E-state index contributed by atoms with van der Waals surface area (Å²) < 4.78 is 4.99. The minimum absolute atomic E-state index is 0.000396. The van der Waals surface area contributed by atoms with Crippen LogP contribution in [0.2, 0.25) is 0 Å². The Hall–Kier alpha value is -1.85. The lowest BCUT2D eigenvalue weighted by Crippen LogP contribution is -2.47. The fourth-order valence-corrected chi connectivity index (χ4v) is 2.19. The van der Waals surface area contributed by atoms with Gasteiger partial charge in [0.05, 0.1) is 19.1 Å². The summed E-state index contributed by atoms with van der Waals surface area (Å²) in [4.78, 5) is 38.1. The molecule has 0 aliphatic carbocycles. The Morgan fingerprint density at radius 3 is 2.75 bits per heavy atom. The summed E-state index contributed by atoms with van der Waals surface area (Å²) in [6.07, 6.45) is 2.68. The molecule has 0 N–H and O–H groups in total. The number of esters is 1. The molecule has 112 valence electrons. The third-order valence-corrected chi connectivity index (χ3v) is 3.32. The van der Waals surface area contributed by atoms with Crippen LogP contribution in [0.25, 0.3) is 0 Å². The number of carbonyl (C=O) groups excluding carboxylic acids is 3. The van der Waals surface area contributed by atoms with Crippen molar-refractivity contribution < 1.29 is 19.1 Å². The van der Waals surface area contributed by atoms with Crippen LogP contribution in [0.1, 0.15) is 19.8 Å². The number of ether oxygens (including phenoxy) is 1. The zero-order valence-electron chi connectivity index (χ0n) is 12.1. The quantitative estimate of drug-likeness (QED) is 0.542. The molecule has 1 rings (SSSR count). The minimum atomic E-state index is -0.294. The van der Waals surface area contributed by atoms with Crippen molar-refractivity contribution in [1.82, 2.24) is 9.80 Å². The molecule has 6 heteroatoms. The molecule has 2 amide bonds. The Balaban J connectivity index is 2.54. The van der Waals surface area contributed by atoms with Gasteiger partial charge in [0.1, 0.15) is 0 Å². The van der Waals surface area contributed by atoms with E-state index in [2.05, 4.69) is 6.58 Å². The SMILES string of the molecule is C=CC(=O)N(C)CC(=O)N1CCCC(C(=O)OCC)C1. The number of amides is 2. The first-order chi connectivity index (χ1) is 9.49. The molecule has 1 unspecified atom stereocenters. The van der Waals surface area contributed by atoms with Crippen molar-refractivity contribution in [1.29, 1.82) is 0 Å². The molecule has 20 heavy (non-hydrogen) atoms. The van der Waals surface area contributed by atoms with Crippen LogP contribution in [0.5, 0.6) is 0 Å². The van der Waals surface area contributed by atoms with Crippen molar-refractivity contribution in [3.05, 3.63) is 12.7 Å². The van der Waals surface area contributed by atoms with E-state index in [4.69, 9.17) is 4.74 Å². The van der Waals surface area contributed by atoms with E-state index in [1.54, 1.807) is 18.9 Å². The highest BCUT2D eigenvalue weighted by molar-refractivity contribution is 5.90. The molecule has 1 aliphatic rings. The van der Waals surface area contributed by atoms with E-state index in [0.29, 0.717) is 19.7 Å². The molecule has 0 aromatic heterocycles. The van der Waals surface area contributed by atoms with E-state index in [1.165, 1.54) is 11.0 Å². The van der Waals surface area contributed by atoms with Gasteiger partial charge in [0, 0.05) is 20.1 Å². The monoisotopic (exact) mass is 282 g/mol. The van der Waals surface area contributed by atoms with Crippen LogP contribution in [0.4, 0.5) is 0 Å². The van der Waals surface area contributed by atoms with Crippen LogP contribution < -0.4 is 0 Å². The molecule has 0 aromatic carbocycles. The van der Waals surface area contributed by atoms with Gasteiger partial charge in [-0.2, -0.15) is 0 Å². The summed E-state index contributed by atoms with van der Waals surface area (Å²) in [5, 5.41) is 0. The van der Waals surface area contributed by atoms with Gasteiger partial charge in [-0.15, -0.1) is 0 Å². The zero-order chi connectivity index (χ0) is 15.1. The van der Waals surface area contributed by atoms with Gasteiger partial charge in [0.25, 0.3) is 0 Å². The average Bonchev–Trinajstić information content (AvgIpc) is 2.46. The third kappa shape index (κ3) is 4.36. The first kappa shape index (κ1) is 16.2. The number of likely N-dealkylation sites (N-methyl/N-ethyl adjacent to an activating group) is 1. The highest BCUT2D eigenvalue weighted by Gasteiger charge is 2.29.